The first-order valence-electron chi connectivity index (χ1n) is 6.27. The van der Waals surface area contributed by atoms with E-state index in [1.165, 1.54) is 5.56 Å². The summed E-state index contributed by atoms with van der Waals surface area (Å²) in [6.07, 6.45) is 1.63. The van der Waals surface area contributed by atoms with Crippen LogP contribution in [0.3, 0.4) is 0 Å². The Morgan fingerprint density at radius 1 is 1.28 bits per heavy atom. The van der Waals surface area contributed by atoms with Gasteiger partial charge in [-0.1, -0.05) is 19.1 Å². The molecule has 0 radical (unpaired) electrons. The van der Waals surface area contributed by atoms with Crippen molar-refractivity contribution in [1.29, 1.82) is 0 Å². The predicted molar refractivity (Wildman–Crippen MR) is 73.3 cm³/mol. The number of H-pyrrole nitrogens is 1. The van der Waals surface area contributed by atoms with E-state index in [-0.39, 0.29) is 5.56 Å². The first-order chi connectivity index (χ1) is 8.67. The first-order valence-corrected chi connectivity index (χ1v) is 6.27. The monoisotopic (exact) mass is 245 g/mol. The average molecular weight is 245 g/mol. The Bertz CT molecular complexity index is 578. The smallest absolute Gasteiger partial charge is 0.267 e. The normalized spacial score (nSPS) is 10.8. The van der Waals surface area contributed by atoms with Gasteiger partial charge in [0, 0.05) is 11.3 Å². The van der Waals surface area contributed by atoms with Crippen LogP contribution in [0.5, 0.6) is 0 Å². The van der Waals surface area contributed by atoms with Gasteiger partial charge < -0.3 is 5.73 Å². The molecule has 0 aliphatic heterocycles. The van der Waals surface area contributed by atoms with E-state index in [1.54, 1.807) is 0 Å². The van der Waals surface area contributed by atoms with Gasteiger partial charge in [-0.25, -0.2) is 0 Å². The van der Waals surface area contributed by atoms with Crippen molar-refractivity contribution in [2.45, 2.75) is 26.7 Å². The second kappa shape index (κ2) is 5.23. The maximum atomic E-state index is 11.8. The largest absolute Gasteiger partial charge is 0.330 e. The van der Waals surface area contributed by atoms with Crippen LogP contribution in [0, 0.1) is 6.92 Å². The lowest BCUT2D eigenvalue weighted by atomic mass is 10.1. The number of aromatic nitrogens is 2. The molecule has 0 unspecified atom stereocenters. The summed E-state index contributed by atoms with van der Waals surface area (Å²) in [4.78, 5) is 11.8. The van der Waals surface area contributed by atoms with Crippen molar-refractivity contribution >= 4 is 0 Å². The minimum atomic E-state index is -0.0440. The summed E-state index contributed by atoms with van der Waals surface area (Å²) in [6, 6.07) is 8.20. The number of hydrogen-bond acceptors (Lipinski definition) is 2. The molecule has 3 N–H and O–H groups in total. The minimum Gasteiger partial charge on any atom is -0.330 e. The molecule has 0 aliphatic rings. The van der Waals surface area contributed by atoms with Crippen molar-refractivity contribution in [2.24, 2.45) is 5.73 Å². The van der Waals surface area contributed by atoms with Gasteiger partial charge in [0.2, 0.25) is 0 Å². The summed E-state index contributed by atoms with van der Waals surface area (Å²) >= 11 is 0. The molecule has 2 aromatic rings. The van der Waals surface area contributed by atoms with Gasteiger partial charge in [-0.05, 0) is 44.0 Å². The Labute approximate surface area is 106 Å². The molecule has 0 amide bonds. The third-order valence-electron chi connectivity index (χ3n) is 3.26. The van der Waals surface area contributed by atoms with Crippen LogP contribution in [0.15, 0.2) is 29.1 Å². The van der Waals surface area contributed by atoms with Crippen molar-refractivity contribution in [2.75, 3.05) is 6.54 Å². The van der Waals surface area contributed by atoms with Crippen LogP contribution in [-0.4, -0.2) is 16.3 Å². The van der Waals surface area contributed by atoms with Gasteiger partial charge in [-0.15, -0.1) is 0 Å². The maximum Gasteiger partial charge on any atom is 0.267 e. The molecule has 0 aliphatic carbocycles. The van der Waals surface area contributed by atoms with E-state index < -0.39 is 0 Å². The number of nitrogens with two attached hydrogens (primary N) is 1. The number of nitrogens with zero attached hydrogens (tertiary/aromatic N) is 1. The van der Waals surface area contributed by atoms with Crippen molar-refractivity contribution in [3.8, 4) is 5.69 Å². The summed E-state index contributed by atoms with van der Waals surface area (Å²) in [7, 11) is 0. The van der Waals surface area contributed by atoms with Crippen molar-refractivity contribution in [3.05, 3.63) is 51.4 Å². The Balaban J connectivity index is 2.44. The highest BCUT2D eigenvalue weighted by Gasteiger charge is 2.10. The third kappa shape index (κ3) is 2.24. The predicted octanol–water partition coefficient (Wildman–Crippen LogP) is 1.54. The van der Waals surface area contributed by atoms with Gasteiger partial charge in [0.15, 0.2) is 0 Å². The first kappa shape index (κ1) is 12.6. The molecule has 0 saturated heterocycles. The van der Waals surface area contributed by atoms with Crippen molar-refractivity contribution in [1.82, 2.24) is 9.78 Å². The van der Waals surface area contributed by atoms with Crippen LogP contribution in [0.1, 0.15) is 23.7 Å². The van der Waals surface area contributed by atoms with Gasteiger partial charge in [0.25, 0.3) is 5.56 Å². The second-order valence-electron chi connectivity index (χ2n) is 4.40. The van der Waals surface area contributed by atoms with E-state index in [1.807, 2.05) is 23.7 Å². The van der Waals surface area contributed by atoms with E-state index in [0.29, 0.717) is 13.0 Å². The van der Waals surface area contributed by atoms with Crippen LogP contribution in [0.2, 0.25) is 0 Å². The fraction of sp³-hybridized carbons (Fsp3) is 0.357. The van der Waals surface area contributed by atoms with E-state index >= 15 is 0 Å². The highest BCUT2D eigenvalue weighted by molar-refractivity contribution is 5.37. The van der Waals surface area contributed by atoms with Crippen LogP contribution in [0.25, 0.3) is 5.69 Å². The number of nitrogens with one attached hydrogen (secondary N) is 1. The molecule has 1 aromatic carbocycles. The molecule has 4 heteroatoms. The number of hydrogen-bond donors (Lipinski definition) is 2. The van der Waals surface area contributed by atoms with Gasteiger partial charge in [-0.3, -0.25) is 14.6 Å². The van der Waals surface area contributed by atoms with Gasteiger partial charge in [-0.2, -0.15) is 0 Å². The summed E-state index contributed by atoms with van der Waals surface area (Å²) in [6.45, 7) is 4.55. The lowest BCUT2D eigenvalue weighted by molar-refractivity contribution is 0.831. The zero-order valence-corrected chi connectivity index (χ0v) is 10.9. The Morgan fingerprint density at radius 2 is 1.94 bits per heavy atom. The third-order valence-corrected chi connectivity index (χ3v) is 3.26. The van der Waals surface area contributed by atoms with Gasteiger partial charge in [0.05, 0.1) is 5.69 Å². The molecular weight excluding hydrogens is 226 g/mol. The molecule has 0 bridgehead atoms. The van der Waals surface area contributed by atoms with Crippen molar-refractivity contribution in [3.63, 3.8) is 0 Å². The molecular formula is C14H19N3O. The van der Waals surface area contributed by atoms with Crippen LogP contribution >= 0.6 is 0 Å². The summed E-state index contributed by atoms with van der Waals surface area (Å²) in [5.74, 6) is 0. The molecule has 2 rings (SSSR count). The molecule has 4 nitrogen and oxygen atoms in total. The highest BCUT2D eigenvalue weighted by atomic mass is 16.1. The molecule has 96 valence electrons. The minimum absolute atomic E-state index is 0.0440. The lowest BCUT2D eigenvalue weighted by Crippen LogP contribution is -2.12. The van der Waals surface area contributed by atoms with E-state index in [4.69, 9.17) is 5.73 Å². The second-order valence-corrected chi connectivity index (χ2v) is 4.40. The topological polar surface area (TPSA) is 63.8 Å². The molecule has 0 spiro atoms. The Kier molecular flexibility index (Phi) is 3.67. The quantitative estimate of drug-likeness (QED) is 0.858. The van der Waals surface area contributed by atoms with Crippen LogP contribution in [-0.2, 0) is 12.8 Å². The van der Waals surface area contributed by atoms with E-state index in [9.17, 15) is 4.79 Å². The standard InChI is InChI=1S/C14H19N3O/c1-3-11-4-6-12(7-5-11)17-10(2)13(8-9-15)14(18)16-17/h4-7H,3,8-9,15H2,1-2H3,(H,16,18). The van der Waals surface area contributed by atoms with Crippen molar-refractivity contribution < 1.29 is 0 Å². The highest BCUT2D eigenvalue weighted by Crippen LogP contribution is 2.13. The fourth-order valence-electron chi connectivity index (χ4n) is 2.13. The maximum absolute atomic E-state index is 11.8. The summed E-state index contributed by atoms with van der Waals surface area (Å²) in [5.41, 5.74) is 9.45. The van der Waals surface area contributed by atoms with Gasteiger partial charge in [0.1, 0.15) is 0 Å². The molecule has 1 aromatic heterocycles. The molecule has 1 heterocycles. The van der Waals surface area contributed by atoms with Crippen LogP contribution < -0.4 is 11.3 Å². The van der Waals surface area contributed by atoms with E-state index in [0.717, 1.165) is 23.4 Å². The number of benzene rings is 1. The molecule has 0 saturated carbocycles. The fourth-order valence-corrected chi connectivity index (χ4v) is 2.13. The molecule has 0 atom stereocenters. The van der Waals surface area contributed by atoms with Crippen LogP contribution in [0.4, 0.5) is 0 Å². The van der Waals surface area contributed by atoms with Gasteiger partial charge >= 0.3 is 0 Å². The number of aromatic amines is 1. The van der Waals surface area contributed by atoms with E-state index in [2.05, 4.69) is 24.2 Å². The Morgan fingerprint density at radius 3 is 2.50 bits per heavy atom. The molecule has 0 fully saturated rings. The molecule has 18 heavy (non-hydrogen) atoms. The summed E-state index contributed by atoms with van der Waals surface area (Å²) in [5, 5.41) is 2.86. The zero-order chi connectivity index (χ0) is 13.1. The number of rotatable bonds is 4. The average Bonchev–Trinajstić information content (AvgIpc) is 2.67. The zero-order valence-electron chi connectivity index (χ0n) is 10.9. The number of aryl methyl sites for hydroxylation is 1. The Hall–Kier alpha value is -1.81. The lowest BCUT2D eigenvalue weighted by Gasteiger charge is -2.07. The summed E-state index contributed by atoms with van der Waals surface area (Å²) < 4.78 is 1.83. The SMILES string of the molecule is CCc1ccc(-n2[nH]c(=O)c(CCN)c2C)cc1.